The molecule has 0 radical (unpaired) electrons. The summed E-state index contributed by atoms with van der Waals surface area (Å²) in [7, 11) is 7.65. The van der Waals surface area contributed by atoms with Crippen LogP contribution in [0.5, 0.6) is 28.7 Å². The Bertz CT molecular complexity index is 995. The number of benzene rings is 2. The lowest BCUT2D eigenvalue weighted by atomic mass is 10.1. The van der Waals surface area contributed by atoms with E-state index in [1.54, 1.807) is 43.5 Å². The molecule has 0 atom stereocenters. The van der Waals surface area contributed by atoms with E-state index in [1.165, 1.54) is 28.4 Å². The number of esters is 1. The zero-order valence-electron chi connectivity index (χ0n) is 16.8. The van der Waals surface area contributed by atoms with E-state index in [0.717, 1.165) is 0 Å². The zero-order valence-corrected chi connectivity index (χ0v) is 16.8. The van der Waals surface area contributed by atoms with Crippen LogP contribution in [0.25, 0.3) is 6.08 Å². The second-order valence-electron chi connectivity index (χ2n) is 5.85. The number of hydrogen-bond donors (Lipinski definition) is 0. The van der Waals surface area contributed by atoms with Crippen molar-refractivity contribution in [1.29, 1.82) is 0 Å². The van der Waals surface area contributed by atoms with E-state index in [4.69, 9.17) is 28.4 Å². The van der Waals surface area contributed by atoms with Crippen molar-refractivity contribution in [3.05, 3.63) is 47.2 Å². The Balaban J connectivity index is 2.01. The molecule has 0 saturated carbocycles. The molecular formula is C21H21NO7. The summed E-state index contributed by atoms with van der Waals surface area (Å²) in [6.45, 7) is 0. The molecule has 152 valence electrons. The first-order valence-electron chi connectivity index (χ1n) is 8.59. The van der Waals surface area contributed by atoms with Crippen LogP contribution in [0.15, 0.2) is 41.0 Å². The van der Waals surface area contributed by atoms with Crippen LogP contribution in [-0.4, -0.2) is 47.4 Å². The van der Waals surface area contributed by atoms with Gasteiger partial charge in [0.15, 0.2) is 28.7 Å². The largest absolute Gasteiger partial charge is 0.496 e. The molecule has 0 aromatic heterocycles. The van der Waals surface area contributed by atoms with Gasteiger partial charge in [-0.1, -0.05) is 0 Å². The number of carbonyl (C=O) groups excluding carboxylic acids is 1. The minimum atomic E-state index is -0.577. The molecule has 1 aliphatic rings. The Hall–Kier alpha value is -3.68. The molecule has 29 heavy (non-hydrogen) atoms. The number of nitrogens with zero attached hydrogens (tertiary/aromatic N) is 1. The summed E-state index contributed by atoms with van der Waals surface area (Å²) >= 11 is 0. The molecule has 3 rings (SSSR count). The Morgan fingerprint density at radius 2 is 1.34 bits per heavy atom. The molecule has 8 heteroatoms. The maximum Gasteiger partial charge on any atom is 0.363 e. The predicted octanol–water partition coefficient (Wildman–Crippen LogP) is 3.07. The average Bonchev–Trinajstić information content (AvgIpc) is 3.12. The van der Waals surface area contributed by atoms with Gasteiger partial charge in [0, 0.05) is 17.2 Å². The number of hydrogen-bond acceptors (Lipinski definition) is 8. The molecule has 0 fully saturated rings. The van der Waals surface area contributed by atoms with Crippen LogP contribution in [0.2, 0.25) is 0 Å². The molecule has 0 bridgehead atoms. The van der Waals surface area contributed by atoms with Gasteiger partial charge in [0.1, 0.15) is 5.75 Å². The van der Waals surface area contributed by atoms with Gasteiger partial charge in [-0.2, -0.15) is 0 Å². The molecule has 0 aliphatic carbocycles. The van der Waals surface area contributed by atoms with Crippen molar-refractivity contribution in [2.24, 2.45) is 4.99 Å². The highest BCUT2D eigenvalue weighted by molar-refractivity contribution is 6.13. The van der Waals surface area contributed by atoms with Crippen LogP contribution in [0.4, 0.5) is 0 Å². The van der Waals surface area contributed by atoms with Gasteiger partial charge < -0.3 is 28.4 Å². The van der Waals surface area contributed by atoms with Crippen molar-refractivity contribution in [3.63, 3.8) is 0 Å². The van der Waals surface area contributed by atoms with Crippen LogP contribution in [-0.2, 0) is 9.53 Å². The number of cyclic esters (lactones) is 1. The zero-order chi connectivity index (χ0) is 21.0. The Morgan fingerprint density at radius 3 is 1.97 bits per heavy atom. The second kappa shape index (κ2) is 8.55. The van der Waals surface area contributed by atoms with Gasteiger partial charge in [-0.05, 0) is 30.3 Å². The third-order valence-corrected chi connectivity index (χ3v) is 4.28. The van der Waals surface area contributed by atoms with Gasteiger partial charge in [-0.25, -0.2) is 9.79 Å². The van der Waals surface area contributed by atoms with Gasteiger partial charge in [-0.3, -0.25) is 0 Å². The summed E-state index contributed by atoms with van der Waals surface area (Å²) < 4.78 is 31.8. The van der Waals surface area contributed by atoms with E-state index < -0.39 is 5.97 Å². The number of rotatable bonds is 7. The average molecular weight is 399 g/mol. The first-order valence-corrected chi connectivity index (χ1v) is 8.59. The van der Waals surface area contributed by atoms with E-state index in [2.05, 4.69) is 4.99 Å². The summed E-state index contributed by atoms with van der Waals surface area (Å²) in [5, 5.41) is 0. The fraction of sp³-hybridized carbons (Fsp3) is 0.238. The maximum atomic E-state index is 12.4. The molecule has 1 heterocycles. The molecular weight excluding hydrogens is 378 g/mol. The monoisotopic (exact) mass is 399 g/mol. The topological polar surface area (TPSA) is 84.8 Å². The summed E-state index contributed by atoms with van der Waals surface area (Å²) in [5.74, 6) is 2.16. The van der Waals surface area contributed by atoms with Crippen LogP contribution < -0.4 is 23.7 Å². The molecule has 1 aliphatic heterocycles. The lowest BCUT2D eigenvalue weighted by molar-refractivity contribution is -0.129. The fourth-order valence-corrected chi connectivity index (χ4v) is 2.81. The highest BCUT2D eigenvalue weighted by Gasteiger charge is 2.26. The third kappa shape index (κ3) is 3.96. The fourth-order valence-electron chi connectivity index (χ4n) is 2.81. The van der Waals surface area contributed by atoms with Crippen molar-refractivity contribution in [1.82, 2.24) is 0 Å². The van der Waals surface area contributed by atoms with Crippen LogP contribution in [0, 0.1) is 0 Å². The van der Waals surface area contributed by atoms with Gasteiger partial charge in [0.25, 0.3) is 0 Å². The van der Waals surface area contributed by atoms with E-state index in [9.17, 15) is 4.79 Å². The van der Waals surface area contributed by atoms with Crippen molar-refractivity contribution in [3.8, 4) is 28.7 Å². The SMILES string of the molecule is COc1cc(OC)c(OC)cc1/C=C1\N=C(c2ccc(OC)c(OC)c2)OC1=O. The summed E-state index contributed by atoms with van der Waals surface area (Å²) in [6.07, 6.45) is 1.57. The van der Waals surface area contributed by atoms with E-state index in [-0.39, 0.29) is 11.6 Å². The summed E-state index contributed by atoms with van der Waals surface area (Å²) in [4.78, 5) is 16.7. The van der Waals surface area contributed by atoms with Gasteiger partial charge >= 0.3 is 5.97 Å². The van der Waals surface area contributed by atoms with Gasteiger partial charge in [0.05, 0.1) is 35.5 Å². The molecule has 0 N–H and O–H groups in total. The minimum Gasteiger partial charge on any atom is -0.496 e. The number of aliphatic imine (C=N–C) groups is 1. The minimum absolute atomic E-state index is 0.125. The molecule has 8 nitrogen and oxygen atoms in total. The lowest BCUT2D eigenvalue weighted by Crippen LogP contribution is -2.06. The Labute approximate surface area is 168 Å². The second-order valence-corrected chi connectivity index (χ2v) is 5.85. The maximum absolute atomic E-state index is 12.4. The van der Waals surface area contributed by atoms with E-state index >= 15 is 0 Å². The lowest BCUT2D eigenvalue weighted by Gasteiger charge is -2.12. The van der Waals surface area contributed by atoms with Gasteiger partial charge in [0.2, 0.25) is 5.90 Å². The Kier molecular flexibility index (Phi) is 5.92. The van der Waals surface area contributed by atoms with Crippen molar-refractivity contribution >= 4 is 17.9 Å². The summed E-state index contributed by atoms with van der Waals surface area (Å²) in [5.41, 5.74) is 1.30. The highest BCUT2D eigenvalue weighted by Crippen LogP contribution is 2.36. The standard InChI is InChI=1S/C21H21NO7/c1-24-15-7-6-12(9-17(15)26-3)20-22-14(21(23)29-20)8-13-10-18(27-4)19(28-5)11-16(13)25-2/h6-11H,1-5H3/b14-8-. The quantitative estimate of drug-likeness (QED) is 0.522. The Morgan fingerprint density at radius 1 is 0.759 bits per heavy atom. The van der Waals surface area contributed by atoms with Crippen LogP contribution >= 0.6 is 0 Å². The van der Waals surface area contributed by atoms with Crippen LogP contribution in [0.3, 0.4) is 0 Å². The number of carbonyl (C=O) groups is 1. The molecule has 0 unspecified atom stereocenters. The van der Waals surface area contributed by atoms with Crippen molar-refractivity contribution in [2.75, 3.05) is 35.5 Å². The van der Waals surface area contributed by atoms with Crippen LogP contribution in [0.1, 0.15) is 11.1 Å². The normalized spacial score (nSPS) is 14.3. The molecule has 0 saturated heterocycles. The first kappa shape index (κ1) is 20.1. The predicted molar refractivity (Wildman–Crippen MR) is 106 cm³/mol. The number of methoxy groups -OCH3 is 5. The third-order valence-electron chi connectivity index (χ3n) is 4.28. The van der Waals surface area contributed by atoms with E-state index in [1.807, 2.05) is 0 Å². The highest BCUT2D eigenvalue weighted by atomic mass is 16.6. The van der Waals surface area contributed by atoms with E-state index in [0.29, 0.717) is 39.9 Å². The van der Waals surface area contributed by atoms with Crippen molar-refractivity contribution in [2.45, 2.75) is 0 Å². The smallest absolute Gasteiger partial charge is 0.363 e. The van der Waals surface area contributed by atoms with Crippen molar-refractivity contribution < 1.29 is 33.2 Å². The first-order chi connectivity index (χ1) is 14.0. The number of ether oxygens (including phenoxy) is 6. The molecule has 2 aromatic carbocycles. The molecule has 0 amide bonds. The summed E-state index contributed by atoms with van der Waals surface area (Å²) in [6, 6.07) is 8.49. The molecule has 2 aromatic rings. The molecule has 0 spiro atoms. The van der Waals surface area contributed by atoms with Gasteiger partial charge in [-0.15, -0.1) is 0 Å².